The number of benzene rings is 3. The number of fused-ring (bicyclic) bond motifs is 1. The van der Waals surface area contributed by atoms with E-state index in [-0.39, 0.29) is 22.9 Å². The number of esters is 1. The van der Waals surface area contributed by atoms with Crippen molar-refractivity contribution in [2.75, 3.05) is 23.8 Å². The quantitative estimate of drug-likeness (QED) is 0.378. The van der Waals surface area contributed by atoms with Crippen LogP contribution < -0.4 is 15.4 Å². The van der Waals surface area contributed by atoms with Gasteiger partial charge in [-0.25, -0.2) is 9.18 Å². The summed E-state index contributed by atoms with van der Waals surface area (Å²) in [6.07, 6.45) is 0.867. The van der Waals surface area contributed by atoms with Crippen molar-refractivity contribution in [3.05, 3.63) is 89.2 Å². The summed E-state index contributed by atoms with van der Waals surface area (Å²) in [5.41, 5.74) is 1.92. The molecule has 0 spiro atoms. The molecule has 1 aliphatic heterocycles. The standard InChI is InChI=1S/C26H21FN2O6/c27-19-6-2-3-7-21(19)29-25(32)15-34-23-8-4-1-5-18(23)26(33)35-14-22(30)17-9-11-20-16(13-17)10-12-24(31)28-20/h1-9,11,13H,10,12,14-15H2,(H,28,31)(H,29,32). The average Bonchev–Trinajstić information content (AvgIpc) is 2.87. The van der Waals surface area contributed by atoms with E-state index in [1.165, 1.54) is 30.3 Å². The van der Waals surface area contributed by atoms with E-state index in [2.05, 4.69) is 10.6 Å². The molecule has 3 aromatic rings. The molecular weight excluding hydrogens is 455 g/mol. The third-order valence-corrected chi connectivity index (χ3v) is 5.27. The Bertz CT molecular complexity index is 1310. The van der Waals surface area contributed by atoms with E-state index in [1.807, 2.05) is 0 Å². The number of ketones is 1. The minimum atomic E-state index is -0.798. The topological polar surface area (TPSA) is 111 Å². The van der Waals surface area contributed by atoms with Gasteiger partial charge in [0.1, 0.15) is 17.1 Å². The number of hydrogen-bond donors (Lipinski definition) is 2. The Labute approximate surface area is 200 Å². The molecular formula is C26H21FN2O6. The van der Waals surface area contributed by atoms with Gasteiger partial charge in [-0.3, -0.25) is 14.4 Å². The summed E-state index contributed by atoms with van der Waals surface area (Å²) in [4.78, 5) is 48.8. The van der Waals surface area contributed by atoms with E-state index in [9.17, 15) is 23.6 Å². The SMILES string of the molecule is O=C(COc1ccccc1C(=O)OCC(=O)c1ccc2c(c1)CCC(=O)N2)Nc1ccccc1F. The molecule has 0 saturated carbocycles. The van der Waals surface area contributed by atoms with Crippen molar-refractivity contribution in [1.82, 2.24) is 0 Å². The van der Waals surface area contributed by atoms with Gasteiger partial charge in [-0.05, 0) is 54.4 Å². The lowest BCUT2D eigenvalue weighted by atomic mass is 9.99. The molecule has 4 rings (SSSR count). The van der Waals surface area contributed by atoms with E-state index in [0.717, 1.165) is 5.56 Å². The van der Waals surface area contributed by atoms with Gasteiger partial charge >= 0.3 is 5.97 Å². The third-order valence-electron chi connectivity index (χ3n) is 5.27. The fourth-order valence-corrected chi connectivity index (χ4v) is 3.50. The van der Waals surface area contributed by atoms with Gasteiger partial charge in [0.2, 0.25) is 5.91 Å². The predicted octanol–water partition coefficient (Wildman–Crippen LogP) is 3.77. The minimum absolute atomic E-state index is 0.0110. The largest absolute Gasteiger partial charge is 0.483 e. The molecule has 178 valence electrons. The van der Waals surface area contributed by atoms with E-state index >= 15 is 0 Å². The number of rotatable bonds is 8. The zero-order valence-electron chi connectivity index (χ0n) is 18.5. The number of aryl methyl sites for hydroxylation is 1. The maximum Gasteiger partial charge on any atom is 0.342 e. The van der Waals surface area contributed by atoms with Crippen LogP contribution in [0.4, 0.5) is 15.8 Å². The second kappa shape index (κ2) is 10.6. The molecule has 9 heteroatoms. The molecule has 0 atom stereocenters. The highest BCUT2D eigenvalue weighted by molar-refractivity contribution is 6.01. The first-order valence-corrected chi connectivity index (χ1v) is 10.8. The van der Waals surface area contributed by atoms with Crippen LogP contribution in [-0.4, -0.2) is 36.8 Å². The Kier molecular flexibility index (Phi) is 7.15. The number of carbonyl (C=O) groups is 4. The first kappa shape index (κ1) is 23.6. The van der Waals surface area contributed by atoms with Crippen molar-refractivity contribution >= 4 is 34.9 Å². The monoisotopic (exact) mass is 476 g/mol. The van der Waals surface area contributed by atoms with E-state index in [1.54, 1.807) is 36.4 Å². The molecule has 1 aliphatic rings. The first-order valence-electron chi connectivity index (χ1n) is 10.8. The number of hydrogen-bond acceptors (Lipinski definition) is 6. The number of ether oxygens (including phenoxy) is 2. The lowest BCUT2D eigenvalue weighted by Crippen LogP contribution is -2.22. The van der Waals surface area contributed by atoms with Crippen LogP contribution >= 0.6 is 0 Å². The van der Waals surface area contributed by atoms with Crippen LogP contribution in [0.1, 0.15) is 32.7 Å². The molecule has 2 N–H and O–H groups in total. The molecule has 3 aromatic carbocycles. The fourth-order valence-electron chi connectivity index (χ4n) is 3.50. The maximum absolute atomic E-state index is 13.7. The van der Waals surface area contributed by atoms with Gasteiger partial charge in [-0.1, -0.05) is 24.3 Å². The van der Waals surface area contributed by atoms with Gasteiger partial charge in [0, 0.05) is 17.7 Å². The molecule has 0 unspecified atom stereocenters. The third kappa shape index (κ3) is 5.89. The number of halogens is 1. The van der Waals surface area contributed by atoms with Crippen LogP contribution in [0.5, 0.6) is 5.75 Å². The van der Waals surface area contributed by atoms with Crippen LogP contribution in [0, 0.1) is 5.82 Å². The fraction of sp³-hybridized carbons (Fsp3) is 0.154. The Balaban J connectivity index is 1.34. The van der Waals surface area contributed by atoms with Crippen molar-refractivity contribution in [3.63, 3.8) is 0 Å². The van der Waals surface area contributed by atoms with Gasteiger partial charge < -0.3 is 20.1 Å². The maximum atomic E-state index is 13.7. The highest BCUT2D eigenvalue weighted by Gasteiger charge is 2.19. The Hall–Kier alpha value is -4.53. The highest BCUT2D eigenvalue weighted by Crippen LogP contribution is 2.24. The normalized spacial score (nSPS) is 12.2. The van der Waals surface area contributed by atoms with Crippen molar-refractivity contribution < 1.29 is 33.0 Å². The van der Waals surface area contributed by atoms with Crippen molar-refractivity contribution in [2.45, 2.75) is 12.8 Å². The lowest BCUT2D eigenvalue weighted by Gasteiger charge is -2.17. The highest BCUT2D eigenvalue weighted by atomic mass is 19.1. The summed E-state index contributed by atoms with van der Waals surface area (Å²) in [7, 11) is 0. The lowest BCUT2D eigenvalue weighted by molar-refractivity contribution is -0.118. The summed E-state index contributed by atoms with van der Waals surface area (Å²) in [5.74, 6) is -2.39. The molecule has 0 aliphatic carbocycles. The Morgan fingerprint density at radius 3 is 2.54 bits per heavy atom. The zero-order valence-corrected chi connectivity index (χ0v) is 18.5. The van der Waals surface area contributed by atoms with Crippen LogP contribution in [0.15, 0.2) is 66.7 Å². The van der Waals surface area contributed by atoms with Crippen molar-refractivity contribution in [3.8, 4) is 5.75 Å². The minimum Gasteiger partial charge on any atom is -0.483 e. The second-order valence-corrected chi connectivity index (χ2v) is 7.73. The van der Waals surface area contributed by atoms with Crippen LogP contribution in [0.25, 0.3) is 0 Å². The number of para-hydroxylation sites is 2. The van der Waals surface area contributed by atoms with Crippen molar-refractivity contribution in [2.24, 2.45) is 0 Å². The molecule has 0 saturated heterocycles. The molecule has 1 heterocycles. The number of anilines is 2. The molecule has 0 bridgehead atoms. The van der Waals surface area contributed by atoms with Gasteiger partial charge in [0.25, 0.3) is 5.91 Å². The van der Waals surface area contributed by atoms with E-state index in [4.69, 9.17) is 9.47 Å². The number of amides is 2. The van der Waals surface area contributed by atoms with Gasteiger partial charge in [0.15, 0.2) is 19.0 Å². The molecule has 35 heavy (non-hydrogen) atoms. The molecule has 2 amide bonds. The molecule has 8 nitrogen and oxygen atoms in total. The Morgan fingerprint density at radius 1 is 0.943 bits per heavy atom. The summed E-state index contributed by atoms with van der Waals surface area (Å²) >= 11 is 0. The van der Waals surface area contributed by atoms with Gasteiger partial charge in [-0.2, -0.15) is 0 Å². The average molecular weight is 476 g/mol. The van der Waals surface area contributed by atoms with Crippen LogP contribution in [-0.2, 0) is 20.7 Å². The number of nitrogens with one attached hydrogen (secondary N) is 2. The summed E-state index contributed by atoms with van der Waals surface area (Å²) in [6, 6.07) is 16.7. The first-order chi connectivity index (χ1) is 16.9. The Morgan fingerprint density at radius 2 is 1.71 bits per heavy atom. The molecule has 0 radical (unpaired) electrons. The van der Waals surface area contributed by atoms with E-state index < -0.39 is 36.7 Å². The van der Waals surface area contributed by atoms with Gasteiger partial charge in [0.05, 0.1) is 5.69 Å². The number of Topliss-reactive ketones (excluding diaryl/α,β-unsaturated/α-hetero) is 1. The van der Waals surface area contributed by atoms with Crippen molar-refractivity contribution in [1.29, 1.82) is 0 Å². The molecule has 0 fully saturated rings. The summed E-state index contributed by atoms with van der Waals surface area (Å²) in [5, 5.41) is 5.13. The van der Waals surface area contributed by atoms with Crippen LogP contribution in [0.2, 0.25) is 0 Å². The zero-order chi connectivity index (χ0) is 24.8. The summed E-state index contributed by atoms with van der Waals surface area (Å²) < 4.78 is 24.3. The predicted molar refractivity (Wildman–Crippen MR) is 125 cm³/mol. The second-order valence-electron chi connectivity index (χ2n) is 7.73. The smallest absolute Gasteiger partial charge is 0.342 e. The van der Waals surface area contributed by atoms with Crippen LogP contribution in [0.3, 0.4) is 0 Å². The van der Waals surface area contributed by atoms with E-state index in [0.29, 0.717) is 24.1 Å². The molecule has 0 aromatic heterocycles. The van der Waals surface area contributed by atoms with Gasteiger partial charge in [-0.15, -0.1) is 0 Å². The summed E-state index contributed by atoms with van der Waals surface area (Å²) in [6.45, 7) is -0.963. The number of carbonyl (C=O) groups excluding carboxylic acids is 4.